The van der Waals surface area contributed by atoms with E-state index >= 15 is 0 Å². The van der Waals surface area contributed by atoms with E-state index in [2.05, 4.69) is 11.1 Å². The van der Waals surface area contributed by atoms with Crippen molar-refractivity contribution in [2.75, 3.05) is 0 Å². The number of carbonyl (C=O) groups is 1. The summed E-state index contributed by atoms with van der Waals surface area (Å²) in [6.45, 7) is 0. The van der Waals surface area contributed by atoms with E-state index in [1.165, 1.54) is 0 Å². The Kier molecular flexibility index (Phi) is 5.33. The molecule has 0 spiro atoms. The van der Waals surface area contributed by atoms with Gasteiger partial charge >= 0.3 is 0 Å². The highest BCUT2D eigenvalue weighted by Gasteiger charge is 1.86. The Bertz CT molecular complexity index is 280. The summed E-state index contributed by atoms with van der Waals surface area (Å²) < 4.78 is 0. The average molecular weight is 189 g/mol. The second kappa shape index (κ2) is 7.01. The normalized spacial score (nSPS) is 10.6. The summed E-state index contributed by atoms with van der Waals surface area (Å²) >= 11 is 0. The average Bonchev–Trinajstić information content (AvgIpc) is 2.25. The molecule has 0 unspecified atom stereocenters. The highest BCUT2D eigenvalue weighted by molar-refractivity contribution is 5.49. The fourth-order valence-corrected chi connectivity index (χ4v) is 1.17. The van der Waals surface area contributed by atoms with Crippen LogP contribution < -0.4 is 0 Å². The van der Waals surface area contributed by atoms with Gasteiger partial charge in [0.25, 0.3) is 0 Å². The van der Waals surface area contributed by atoms with Gasteiger partial charge in [-0.25, -0.2) is 0 Å². The zero-order valence-corrected chi connectivity index (χ0v) is 8.23. The molecule has 1 rings (SSSR count). The summed E-state index contributed by atoms with van der Waals surface area (Å²) in [5, 5.41) is 0. The van der Waals surface area contributed by atoms with Gasteiger partial charge in [0.05, 0.1) is 5.69 Å². The Balaban J connectivity index is 2.18. The summed E-state index contributed by atoms with van der Waals surface area (Å²) in [5.41, 5.74) is 0.989. The number of aromatic nitrogens is 1. The van der Waals surface area contributed by atoms with Crippen LogP contribution in [-0.4, -0.2) is 11.3 Å². The molecule has 0 aliphatic rings. The molecule has 0 aliphatic carbocycles. The van der Waals surface area contributed by atoms with Crippen molar-refractivity contribution < 1.29 is 4.79 Å². The molecule has 0 radical (unpaired) electrons. The molecule has 1 heterocycles. The molecule has 0 atom stereocenters. The molecule has 0 N–H and O–H groups in total. The predicted octanol–water partition coefficient (Wildman–Crippen LogP) is 2.85. The number of hydrogen-bond acceptors (Lipinski definition) is 2. The van der Waals surface area contributed by atoms with Crippen molar-refractivity contribution in [3.63, 3.8) is 0 Å². The third kappa shape index (κ3) is 4.55. The van der Waals surface area contributed by atoms with Gasteiger partial charge in [-0.1, -0.05) is 12.1 Å². The highest BCUT2D eigenvalue weighted by Crippen LogP contribution is 2.02. The van der Waals surface area contributed by atoms with Gasteiger partial charge in [0.1, 0.15) is 6.29 Å². The third-order valence-corrected chi connectivity index (χ3v) is 1.92. The SMILES string of the molecule is O=CCCCCC=Cc1ccccn1. The molecular formula is C12H15NO. The van der Waals surface area contributed by atoms with E-state index in [1.807, 2.05) is 24.3 Å². The van der Waals surface area contributed by atoms with Gasteiger partial charge in [-0.15, -0.1) is 0 Å². The molecule has 74 valence electrons. The molecule has 1 aromatic heterocycles. The second-order valence-corrected chi connectivity index (χ2v) is 3.11. The Hall–Kier alpha value is -1.44. The monoisotopic (exact) mass is 189 g/mol. The highest BCUT2D eigenvalue weighted by atomic mass is 16.1. The fraction of sp³-hybridized carbons (Fsp3) is 0.333. The van der Waals surface area contributed by atoms with E-state index in [-0.39, 0.29) is 0 Å². The summed E-state index contributed by atoms with van der Waals surface area (Å²) in [7, 11) is 0. The Morgan fingerprint density at radius 2 is 2.07 bits per heavy atom. The van der Waals surface area contributed by atoms with Crippen LogP contribution in [0.2, 0.25) is 0 Å². The zero-order chi connectivity index (χ0) is 10.1. The first kappa shape index (κ1) is 10.6. The van der Waals surface area contributed by atoms with E-state index in [9.17, 15) is 4.79 Å². The van der Waals surface area contributed by atoms with Gasteiger partial charge in [0.15, 0.2) is 0 Å². The number of allylic oxidation sites excluding steroid dienone is 1. The van der Waals surface area contributed by atoms with E-state index in [0.29, 0.717) is 6.42 Å². The largest absolute Gasteiger partial charge is 0.303 e. The maximum Gasteiger partial charge on any atom is 0.119 e. The zero-order valence-electron chi connectivity index (χ0n) is 8.23. The van der Waals surface area contributed by atoms with E-state index in [0.717, 1.165) is 31.2 Å². The number of unbranched alkanes of at least 4 members (excludes halogenated alkanes) is 3. The molecule has 0 aromatic carbocycles. The van der Waals surface area contributed by atoms with Gasteiger partial charge in [-0.2, -0.15) is 0 Å². The van der Waals surface area contributed by atoms with Crippen LogP contribution in [0.5, 0.6) is 0 Å². The number of nitrogens with zero attached hydrogens (tertiary/aromatic N) is 1. The molecule has 14 heavy (non-hydrogen) atoms. The van der Waals surface area contributed by atoms with Gasteiger partial charge in [-0.05, 0) is 37.5 Å². The van der Waals surface area contributed by atoms with Crippen LogP contribution in [0, 0.1) is 0 Å². The first-order valence-corrected chi connectivity index (χ1v) is 4.94. The van der Waals surface area contributed by atoms with Crippen molar-refractivity contribution in [1.82, 2.24) is 4.98 Å². The maximum atomic E-state index is 10.0. The van der Waals surface area contributed by atoms with Crippen molar-refractivity contribution in [2.24, 2.45) is 0 Å². The van der Waals surface area contributed by atoms with Crippen molar-refractivity contribution >= 4 is 12.4 Å². The molecule has 1 aromatic rings. The molecule has 0 saturated heterocycles. The van der Waals surface area contributed by atoms with Crippen molar-refractivity contribution in [1.29, 1.82) is 0 Å². The molecule has 0 saturated carbocycles. The molecule has 2 nitrogen and oxygen atoms in total. The smallest absolute Gasteiger partial charge is 0.119 e. The fourth-order valence-electron chi connectivity index (χ4n) is 1.17. The summed E-state index contributed by atoms with van der Waals surface area (Å²) in [4.78, 5) is 14.2. The summed E-state index contributed by atoms with van der Waals surface area (Å²) in [6.07, 6.45) is 10.6. The molecular weight excluding hydrogens is 174 g/mol. The number of pyridine rings is 1. The number of hydrogen-bond donors (Lipinski definition) is 0. The summed E-state index contributed by atoms with van der Waals surface area (Å²) in [5.74, 6) is 0. The van der Waals surface area contributed by atoms with Gasteiger partial charge < -0.3 is 4.79 Å². The van der Waals surface area contributed by atoms with Crippen LogP contribution >= 0.6 is 0 Å². The lowest BCUT2D eigenvalue weighted by Gasteiger charge is -1.92. The van der Waals surface area contributed by atoms with E-state index in [1.54, 1.807) is 6.20 Å². The van der Waals surface area contributed by atoms with E-state index < -0.39 is 0 Å². The molecule has 0 aliphatic heterocycles. The third-order valence-electron chi connectivity index (χ3n) is 1.92. The number of carbonyl (C=O) groups excluding carboxylic acids is 1. The van der Waals surface area contributed by atoms with E-state index in [4.69, 9.17) is 0 Å². The van der Waals surface area contributed by atoms with Crippen molar-refractivity contribution in [3.8, 4) is 0 Å². The van der Waals surface area contributed by atoms with Gasteiger partial charge in [0, 0.05) is 12.6 Å². The van der Waals surface area contributed by atoms with Crippen molar-refractivity contribution in [2.45, 2.75) is 25.7 Å². The van der Waals surface area contributed by atoms with Crippen LogP contribution in [0.15, 0.2) is 30.5 Å². The molecule has 0 bridgehead atoms. The van der Waals surface area contributed by atoms with Gasteiger partial charge in [0.2, 0.25) is 0 Å². The lowest BCUT2D eigenvalue weighted by molar-refractivity contribution is -0.107. The molecule has 0 amide bonds. The Morgan fingerprint density at radius 1 is 1.21 bits per heavy atom. The lowest BCUT2D eigenvalue weighted by Crippen LogP contribution is -1.78. The van der Waals surface area contributed by atoms with Crippen LogP contribution in [0.3, 0.4) is 0 Å². The second-order valence-electron chi connectivity index (χ2n) is 3.11. The quantitative estimate of drug-likeness (QED) is 0.508. The van der Waals surface area contributed by atoms with Crippen LogP contribution in [0.4, 0.5) is 0 Å². The minimum absolute atomic E-state index is 0.678. The number of rotatable bonds is 6. The van der Waals surface area contributed by atoms with Gasteiger partial charge in [-0.3, -0.25) is 4.98 Å². The molecule has 2 heteroatoms. The molecule has 0 fully saturated rings. The maximum absolute atomic E-state index is 10.0. The standard InChI is InChI=1S/C12H15NO/c14-11-7-3-1-2-4-8-12-9-5-6-10-13-12/h4-6,8-11H,1-3,7H2. The van der Waals surface area contributed by atoms with Crippen LogP contribution in [-0.2, 0) is 4.79 Å². The minimum atomic E-state index is 0.678. The number of aldehydes is 1. The lowest BCUT2D eigenvalue weighted by atomic mass is 10.2. The Morgan fingerprint density at radius 3 is 2.79 bits per heavy atom. The van der Waals surface area contributed by atoms with Crippen LogP contribution in [0.25, 0.3) is 6.08 Å². The Labute approximate surface area is 84.7 Å². The summed E-state index contributed by atoms with van der Waals surface area (Å²) in [6, 6.07) is 5.85. The minimum Gasteiger partial charge on any atom is -0.303 e. The predicted molar refractivity (Wildman–Crippen MR) is 57.8 cm³/mol. The first-order valence-electron chi connectivity index (χ1n) is 4.94. The van der Waals surface area contributed by atoms with Crippen LogP contribution in [0.1, 0.15) is 31.4 Å². The van der Waals surface area contributed by atoms with Crippen molar-refractivity contribution in [3.05, 3.63) is 36.2 Å². The topological polar surface area (TPSA) is 30.0 Å². The first-order chi connectivity index (χ1) is 6.93.